The molecule has 48 nitrogen and oxygen atoms in total. The smallest absolute Gasteiger partial charge is 0.373 e. The van der Waals surface area contributed by atoms with E-state index in [1.54, 1.807) is 0 Å². The molecule has 4 amide bonds. The average molecular weight is 1650 g/mol. The molecule has 0 bridgehead atoms. The summed E-state index contributed by atoms with van der Waals surface area (Å²) in [5.41, 5.74) is 82.0. The number of carboxylic acids is 8. The number of carboxylic acid groups (broad SMARTS) is 8. The second kappa shape index (κ2) is 145. The Morgan fingerprint density at radius 3 is 0.482 bits per heavy atom. The quantitative estimate of drug-likeness (QED) is 0.0105. The first-order valence-corrected chi connectivity index (χ1v) is 27.5. The first-order chi connectivity index (χ1) is 43.1. The van der Waals surface area contributed by atoms with Crippen LogP contribution in [0.1, 0.15) is 184 Å². The van der Waals surface area contributed by atoms with Crippen LogP contribution in [0.4, 0.5) is 9.59 Å². The minimum Gasteiger partial charge on any atom is -0.480 e. The Bertz CT molecular complexity index is 1830. The van der Waals surface area contributed by atoms with Crippen molar-refractivity contribution in [2.24, 2.45) is 91.7 Å². The van der Waals surface area contributed by atoms with E-state index in [9.17, 15) is 47.9 Å². The fraction of sp³-hybridized carbons (Fsp3) is 0.694. The third-order valence-electron chi connectivity index (χ3n) is 9.48. The third kappa shape index (κ3) is 212. The monoisotopic (exact) mass is 1650 g/mol. The zero-order chi connectivity index (χ0) is 75.5. The van der Waals surface area contributed by atoms with Crippen LogP contribution in [0.2, 0.25) is 0 Å². The Hall–Kier alpha value is -9.46. The molecule has 0 aliphatic rings. The Balaban J connectivity index is -0.0000000259. The molecule has 0 spiro atoms. The molecule has 0 aliphatic carbocycles. The standard InChI is InChI=1S/2C7H15N3O2.2C6H13N3O3.4C5H12N2O2.2C2H2O.CO2.11CH4.4H3N.2H2O/c2*1-5(8)10-4-2-3-6(9)7(11)12;2*7-4(5(10)11)2-1-3-9-6(8)12;4*6-3-1-2-4(7)5(8)9;2*1-2-3;2-1-3;;;;;;;;;;;;;;;;;/h2*6,10H,1-4,8-9H2,(H,11,12);2*4H,1-3,7H2,(H,10,11)(H3,8,9,12);4*4H,1-3,6-7H2,(H,8,9);2*1H2;;11*1H4;4*1H3;2*1H2/t2*6-;6*4-;;;;;;;;;;;;;;;;;;;;/m00000000..................../s1/i4*8+1;;;;;;;;1+2;1+1;;;;;;;;;;4*1+1;1+2;1+1. The molecule has 0 radical (unpaired) electrons. The van der Waals surface area contributed by atoms with Gasteiger partial charge < -0.3 is 189 Å². The summed E-state index contributed by atoms with van der Waals surface area (Å²) in [6.45, 7) is 16.1. The van der Waals surface area contributed by atoms with Gasteiger partial charge in [0.2, 0.25) is 0 Å². The lowest BCUT2D eigenvalue weighted by molar-refractivity contribution is -0.192. The van der Waals surface area contributed by atoms with Gasteiger partial charge in [-0.2, -0.15) is 9.59 Å². The van der Waals surface area contributed by atoms with E-state index in [2.05, 4.69) is 47.6 Å². The highest BCUT2D eigenvalue weighted by Crippen LogP contribution is 1.97. The second-order valence-electron chi connectivity index (χ2n) is 17.7. The summed E-state index contributed by atoms with van der Waals surface area (Å²) >= 11 is 0. The molecular formula is C62H168N24O24. The summed E-state index contributed by atoms with van der Waals surface area (Å²) in [6, 6.07) is -7.47. The molecule has 0 heterocycles. The van der Waals surface area contributed by atoms with E-state index in [0.29, 0.717) is 167 Å². The van der Waals surface area contributed by atoms with Crippen molar-refractivity contribution in [3.8, 4) is 0 Å². The summed E-state index contributed by atoms with van der Waals surface area (Å²) in [4.78, 5) is 135. The van der Waals surface area contributed by atoms with Gasteiger partial charge >= 0.3 is 66.0 Å². The SMILES string of the molecule is C.C.C.C.C.C.C.C.C.C=C([15NH2])NCCC[C@H](N)C(=O)O.C=C([15NH2])NCCC[C@H](N)C(=O)O.C=C=O.C=C=O.NCCC[C@H](N)C(=O)O.NCCC[C@H](N)C(=O)O.NCCC[C@H](N)C(=O)O.NCCC[C@H](N)C(=O)O.N[C@@H](CCCNC([15NH2])=O)C(=O)O.N[C@@H](CCCNC([15NH2])=O)C(=O)O.O=C=O.[13CH4].[14CH4].[15NH3].[15NH3].[15NH3].[15NH3].[17OH2].[18OH2]. The van der Waals surface area contributed by atoms with Crippen LogP contribution in [0.3, 0.4) is 0 Å². The van der Waals surface area contributed by atoms with E-state index >= 15 is 0 Å². The zero-order valence-corrected chi connectivity index (χ0v) is 56.3. The average Bonchev–Trinajstić information content (AvgIpc) is 3.47. The van der Waals surface area contributed by atoms with E-state index in [1.165, 1.54) is 11.9 Å². The maximum Gasteiger partial charge on any atom is 0.373 e. The molecule has 0 unspecified atom stereocenters. The van der Waals surface area contributed by atoms with Crippen LogP contribution in [0.25, 0.3) is 0 Å². The van der Waals surface area contributed by atoms with E-state index < -0.39 is 108 Å². The number of hydrogen-bond acceptors (Lipinski definition) is 34. The highest BCUT2D eigenvalue weighted by Gasteiger charge is 2.14. The van der Waals surface area contributed by atoms with Gasteiger partial charge in [-0.15, -0.1) is 0 Å². The maximum absolute atomic E-state index is 10.2. The van der Waals surface area contributed by atoms with Crippen LogP contribution in [0.5, 0.6) is 0 Å². The number of urea groups is 2. The number of rotatable bonds is 38. The Morgan fingerprint density at radius 1 is 0.300 bits per heavy atom. The van der Waals surface area contributed by atoms with Crippen LogP contribution in [0, 0.1) is 0 Å². The lowest BCUT2D eigenvalue weighted by atomic mass is 10.2. The topological polar surface area (TPSA) is 1070 Å². The van der Waals surface area contributed by atoms with Crippen molar-refractivity contribution in [3.63, 3.8) is 0 Å². The van der Waals surface area contributed by atoms with Crippen LogP contribution in [-0.4, -0.2) is 230 Å². The van der Waals surface area contributed by atoms with Crippen molar-refractivity contribution in [2.75, 3.05) is 52.4 Å². The fourth-order valence-electron chi connectivity index (χ4n) is 4.55. The van der Waals surface area contributed by atoms with Crippen molar-refractivity contribution < 1.29 is 119 Å². The summed E-state index contributed by atoms with van der Waals surface area (Å²) in [5.74, 6) is -4.55. The van der Waals surface area contributed by atoms with Crippen LogP contribution in [-0.2, 0) is 57.5 Å². The number of nitrogens with one attached hydrogen (secondary N) is 4. The van der Waals surface area contributed by atoms with Gasteiger partial charge in [-0.3, -0.25) is 38.4 Å². The predicted molar refractivity (Wildman–Crippen MR) is 442 cm³/mol. The molecule has 110 heavy (non-hydrogen) atoms. The van der Waals surface area contributed by atoms with Gasteiger partial charge in [0.25, 0.3) is 0 Å². The molecule has 0 saturated carbocycles. The van der Waals surface area contributed by atoms with Crippen LogP contribution < -0.4 is 138 Å². The van der Waals surface area contributed by atoms with Gasteiger partial charge in [0.1, 0.15) is 60.2 Å². The molecule has 0 fully saturated rings. The predicted octanol–water partition coefficient (Wildman–Crippen LogP) is -1.94. The Labute approximate surface area is 655 Å². The number of amides is 4. The van der Waals surface area contributed by atoms with Gasteiger partial charge in [-0.05, 0) is 142 Å². The number of hydrogen-bond donors (Lipinski definition) is 32. The van der Waals surface area contributed by atoms with Gasteiger partial charge in [-0.1, -0.05) is 94.9 Å². The molecular weight excluding hydrogens is 1480 g/mol. The van der Waals surface area contributed by atoms with Gasteiger partial charge in [0, 0.05) is 26.2 Å². The number of aliphatic carboxylic acids is 8. The van der Waals surface area contributed by atoms with Gasteiger partial charge in [0.15, 0.2) is 0 Å². The van der Waals surface area contributed by atoms with E-state index in [1.807, 2.05) is 0 Å². The van der Waals surface area contributed by atoms with Crippen molar-refractivity contribution in [1.82, 2.24) is 45.9 Å². The number of carbonyl (C=O) groups is 10. The van der Waals surface area contributed by atoms with Crippen LogP contribution in [0.15, 0.2) is 38.0 Å². The lowest BCUT2D eigenvalue weighted by Gasteiger charge is -2.07. The third-order valence-corrected chi connectivity index (χ3v) is 9.48. The van der Waals surface area contributed by atoms with Crippen molar-refractivity contribution >= 4 is 77.9 Å². The van der Waals surface area contributed by atoms with E-state index in [0.717, 1.165) is 0 Å². The minimum absolute atomic E-state index is 0. The van der Waals surface area contributed by atoms with E-state index in [4.69, 9.17) is 152 Å². The van der Waals surface area contributed by atoms with Gasteiger partial charge in [-0.25, -0.2) is 19.2 Å². The molecule has 0 aromatic heterocycles. The Kier molecular flexibility index (Phi) is 250. The largest absolute Gasteiger partial charge is 0.480 e. The van der Waals surface area contributed by atoms with Gasteiger partial charge in [0.05, 0.1) is 11.6 Å². The number of primary amides is 2. The molecule has 680 valence electrons. The summed E-state index contributed by atoms with van der Waals surface area (Å²) < 4.78 is 0. The first-order valence-electron chi connectivity index (χ1n) is 27.5. The highest BCUT2D eigenvalue weighted by atomic mass is 18.0. The highest BCUT2D eigenvalue weighted by molar-refractivity contribution is 5.76. The first kappa shape index (κ1) is 189. The molecule has 0 aromatic rings. The molecule has 48 heteroatoms. The fourth-order valence-corrected chi connectivity index (χ4v) is 4.55. The second-order valence-corrected chi connectivity index (χ2v) is 17.7. The van der Waals surface area contributed by atoms with Crippen molar-refractivity contribution in [1.29, 1.82) is 0 Å². The molecule has 60 N–H and O–H groups in total. The van der Waals surface area contributed by atoms with Crippen molar-refractivity contribution in [3.05, 3.63) is 38.0 Å². The molecule has 0 aliphatic heterocycles. The summed E-state index contributed by atoms with van der Waals surface area (Å²) in [6.07, 6.45) is 8.70. The lowest BCUT2D eigenvalue weighted by Crippen LogP contribution is -2.33. The maximum atomic E-state index is 10.2. The normalized spacial score (nSPS) is 9.78. The molecule has 0 saturated heterocycles. The minimum atomic E-state index is -1.03. The number of nitrogens with two attached hydrogens (primary N) is 16. The zero-order valence-electron chi connectivity index (χ0n) is 56.3. The summed E-state index contributed by atoms with van der Waals surface area (Å²) in [5, 5.41) is 76.7. The molecule has 0 aromatic carbocycles. The number of carbonyl (C=O) groups excluding carboxylic acids is 6. The Morgan fingerprint density at radius 2 is 0.400 bits per heavy atom. The molecule has 8 atom stereocenters. The van der Waals surface area contributed by atoms with E-state index in [-0.39, 0.29) is 123 Å². The summed E-state index contributed by atoms with van der Waals surface area (Å²) in [7, 11) is 0. The van der Waals surface area contributed by atoms with Crippen LogP contribution >= 0.6 is 0 Å². The molecule has 0 rings (SSSR count). The van der Waals surface area contributed by atoms with Crippen molar-refractivity contribution in [2.45, 2.75) is 233 Å².